The van der Waals surface area contributed by atoms with E-state index in [0.717, 1.165) is 25.0 Å². The van der Waals surface area contributed by atoms with Crippen LogP contribution in [0.5, 0.6) is 5.75 Å². The van der Waals surface area contributed by atoms with Crippen molar-refractivity contribution in [2.24, 2.45) is 12.8 Å². The lowest BCUT2D eigenvalue weighted by molar-refractivity contribution is 0.317. The molecular formula is C16H21N3O. The van der Waals surface area contributed by atoms with Crippen LogP contribution in [0.15, 0.2) is 30.5 Å². The Balaban J connectivity index is 1.63. The van der Waals surface area contributed by atoms with Gasteiger partial charge in [-0.1, -0.05) is 6.07 Å². The van der Waals surface area contributed by atoms with Crippen molar-refractivity contribution >= 4 is 0 Å². The molecule has 0 fully saturated rings. The van der Waals surface area contributed by atoms with Crippen molar-refractivity contribution in [3.63, 3.8) is 0 Å². The zero-order chi connectivity index (χ0) is 13.9. The van der Waals surface area contributed by atoms with E-state index in [1.165, 1.54) is 23.2 Å². The van der Waals surface area contributed by atoms with Crippen LogP contribution in [-0.2, 0) is 19.9 Å². The van der Waals surface area contributed by atoms with Crippen LogP contribution in [0, 0.1) is 0 Å². The summed E-state index contributed by atoms with van der Waals surface area (Å²) >= 11 is 0. The molecule has 0 radical (unpaired) electrons. The molecule has 0 bridgehead atoms. The fourth-order valence-corrected chi connectivity index (χ4v) is 2.82. The second-order valence-corrected chi connectivity index (χ2v) is 5.40. The average molecular weight is 271 g/mol. The number of ether oxygens (including phenoxy) is 1. The molecule has 3 rings (SSSR count). The van der Waals surface area contributed by atoms with Crippen LogP contribution in [-0.4, -0.2) is 16.4 Å². The van der Waals surface area contributed by atoms with Crippen molar-refractivity contribution in [2.75, 3.05) is 6.61 Å². The van der Waals surface area contributed by atoms with Crippen LogP contribution in [0.2, 0.25) is 0 Å². The number of fused-ring (bicyclic) bond motifs is 1. The third-order valence-corrected chi connectivity index (χ3v) is 4.03. The molecule has 1 heterocycles. The first-order valence-electron chi connectivity index (χ1n) is 7.22. The highest BCUT2D eigenvalue weighted by atomic mass is 16.5. The molecule has 0 amide bonds. The third-order valence-electron chi connectivity index (χ3n) is 4.03. The lowest BCUT2D eigenvalue weighted by Gasteiger charge is -2.22. The van der Waals surface area contributed by atoms with Gasteiger partial charge in [-0.15, -0.1) is 0 Å². The summed E-state index contributed by atoms with van der Waals surface area (Å²) in [6.07, 6.45) is 6.07. The van der Waals surface area contributed by atoms with Crippen LogP contribution in [0.1, 0.15) is 35.7 Å². The summed E-state index contributed by atoms with van der Waals surface area (Å²) in [5, 5.41) is 4.15. The zero-order valence-corrected chi connectivity index (χ0v) is 11.9. The fourth-order valence-electron chi connectivity index (χ4n) is 2.82. The summed E-state index contributed by atoms with van der Waals surface area (Å²) in [5.41, 5.74) is 9.99. The van der Waals surface area contributed by atoms with Gasteiger partial charge in [-0.25, -0.2) is 0 Å². The van der Waals surface area contributed by atoms with Crippen molar-refractivity contribution in [2.45, 2.75) is 31.7 Å². The van der Waals surface area contributed by atoms with Gasteiger partial charge in [-0.2, -0.15) is 5.10 Å². The fraction of sp³-hybridized carbons (Fsp3) is 0.438. The van der Waals surface area contributed by atoms with E-state index in [9.17, 15) is 0 Å². The standard InChI is InChI=1S/C16H21N3O/c1-19-13(7-9-18-19)8-10-20-14-6-5-12-3-2-4-16(17)15(12)11-14/h5-7,9,11,16H,2-4,8,10,17H2,1H3/t16-/m1/s1. The topological polar surface area (TPSA) is 53.1 Å². The second kappa shape index (κ2) is 5.67. The van der Waals surface area contributed by atoms with E-state index in [1.54, 1.807) is 0 Å². The minimum Gasteiger partial charge on any atom is -0.493 e. The average Bonchev–Trinajstić information content (AvgIpc) is 2.85. The van der Waals surface area contributed by atoms with Gasteiger partial charge in [0.05, 0.1) is 6.61 Å². The molecular weight excluding hydrogens is 250 g/mol. The Kier molecular flexibility index (Phi) is 3.74. The summed E-state index contributed by atoms with van der Waals surface area (Å²) in [6.45, 7) is 0.660. The van der Waals surface area contributed by atoms with Crippen LogP contribution in [0.3, 0.4) is 0 Å². The Morgan fingerprint density at radius 2 is 2.30 bits per heavy atom. The van der Waals surface area contributed by atoms with Gasteiger partial charge in [0.15, 0.2) is 0 Å². The number of hydrogen-bond acceptors (Lipinski definition) is 3. The van der Waals surface area contributed by atoms with Gasteiger partial charge in [0.1, 0.15) is 5.75 Å². The Morgan fingerprint density at radius 3 is 3.10 bits per heavy atom. The number of benzene rings is 1. The largest absolute Gasteiger partial charge is 0.493 e. The van der Waals surface area contributed by atoms with E-state index >= 15 is 0 Å². The maximum Gasteiger partial charge on any atom is 0.119 e. The highest BCUT2D eigenvalue weighted by Gasteiger charge is 2.17. The highest BCUT2D eigenvalue weighted by molar-refractivity contribution is 5.39. The Bertz CT molecular complexity index is 591. The first-order chi connectivity index (χ1) is 9.74. The van der Waals surface area contributed by atoms with Crippen LogP contribution in [0.25, 0.3) is 0 Å². The number of aryl methyl sites for hydroxylation is 2. The van der Waals surface area contributed by atoms with Gasteiger partial charge in [0.25, 0.3) is 0 Å². The first kappa shape index (κ1) is 13.2. The van der Waals surface area contributed by atoms with Gasteiger partial charge in [-0.05, 0) is 48.6 Å². The number of nitrogens with zero attached hydrogens (tertiary/aromatic N) is 2. The summed E-state index contributed by atoms with van der Waals surface area (Å²) in [5.74, 6) is 0.920. The van der Waals surface area contributed by atoms with Gasteiger partial charge in [0.2, 0.25) is 0 Å². The smallest absolute Gasteiger partial charge is 0.119 e. The lowest BCUT2D eigenvalue weighted by Crippen LogP contribution is -2.17. The molecule has 0 spiro atoms. The molecule has 106 valence electrons. The lowest BCUT2D eigenvalue weighted by atomic mass is 9.88. The molecule has 1 aliphatic carbocycles. The van der Waals surface area contributed by atoms with Crippen LogP contribution in [0.4, 0.5) is 0 Å². The van der Waals surface area contributed by atoms with E-state index in [-0.39, 0.29) is 6.04 Å². The molecule has 2 aromatic rings. The molecule has 1 atom stereocenters. The number of aromatic nitrogens is 2. The molecule has 0 unspecified atom stereocenters. The normalized spacial score (nSPS) is 17.8. The van der Waals surface area contributed by atoms with Crippen molar-refractivity contribution in [1.82, 2.24) is 9.78 Å². The minimum atomic E-state index is 0.166. The quantitative estimate of drug-likeness (QED) is 0.929. The van der Waals surface area contributed by atoms with E-state index in [2.05, 4.69) is 23.3 Å². The molecule has 1 aliphatic rings. The zero-order valence-electron chi connectivity index (χ0n) is 11.9. The summed E-state index contributed by atoms with van der Waals surface area (Å²) in [7, 11) is 1.95. The Labute approximate surface area is 119 Å². The van der Waals surface area contributed by atoms with Gasteiger partial charge in [-0.3, -0.25) is 4.68 Å². The molecule has 0 saturated heterocycles. The highest BCUT2D eigenvalue weighted by Crippen LogP contribution is 2.30. The van der Waals surface area contributed by atoms with E-state index in [4.69, 9.17) is 10.5 Å². The maximum atomic E-state index is 6.17. The molecule has 1 aromatic carbocycles. The van der Waals surface area contributed by atoms with Gasteiger partial charge >= 0.3 is 0 Å². The number of rotatable bonds is 4. The Hall–Kier alpha value is -1.81. The number of hydrogen-bond donors (Lipinski definition) is 1. The monoisotopic (exact) mass is 271 g/mol. The molecule has 0 aliphatic heterocycles. The maximum absolute atomic E-state index is 6.17. The summed E-state index contributed by atoms with van der Waals surface area (Å²) < 4.78 is 7.73. The molecule has 0 saturated carbocycles. The predicted octanol–water partition coefficient (Wildman–Crippen LogP) is 2.38. The molecule has 2 N–H and O–H groups in total. The number of nitrogens with two attached hydrogens (primary N) is 1. The molecule has 4 heteroatoms. The van der Waals surface area contributed by atoms with Crippen molar-refractivity contribution in [3.8, 4) is 5.75 Å². The third kappa shape index (κ3) is 2.70. The molecule has 4 nitrogen and oxygen atoms in total. The molecule has 1 aromatic heterocycles. The van der Waals surface area contributed by atoms with E-state index in [0.29, 0.717) is 6.61 Å². The van der Waals surface area contributed by atoms with Crippen LogP contribution < -0.4 is 10.5 Å². The summed E-state index contributed by atoms with van der Waals surface area (Å²) in [4.78, 5) is 0. The molecule has 20 heavy (non-hydrogen) atoms. The minimum absolute atomic E-state index is 0.166. The van der Waals surface area contributed by atoms with Crippen molar-refractivity contribution in [1.29, 1.82) is 0 Å². The van der Waals surface area contributed by atoms with E-state index in [1.807, 2.05) is 24.0 Å². The predicted molar refractivity (Wildman–Crippen MR) is 78.7 cm³/mol. The van der Waals surface area contributed by atoms with Gasteiger partial charge < -0.3 is 10.5 Å². The van der Waals surface area contributed by atoms with Crippen LogP contribution >= 0.6 is 0 Å². The second-order valence-electron chi connectivity index (χ2n) is 5.40. The summed E-state index contributed by atoms with van der Waals surface area (Å²) in [6, 6.07) is 8.52. The SMILES string of the molecule is Cn1nccc1CCOc1ccc2c(c1)[C@H](N)CCC2. The van der Waals surface area contributed by atoms with Crippen molar-refractivity contribution in [3.05, 3.63) is 47.3 Å². The first-order valence-corrected chi connectivity index (χ1v) is 7.22. The van der Waals surface area contributed by atoms with Crippen molar-refractivity contribution < 1.29 is 4.74 Å². The van der Waals surface area contributed by atoms with Gasteiger partial charge in [0, 0.05) is 31.4 Å². The Morgan fingerprint density at radius 1 is 1.40 bits per heavy atom. The van der Waals surface area contributed by atoms with E-state index < -0.39 is 0 Å².